The SMILES string of the molecule is Cc1nc(CCC(=O)N2C[C@@H]3CN(C)[C@@H](c4cccc(F)c4)[C@@H]3C2)cs1. The Hall–Kier alpha value is -1.79. The number of hydrogen-bond acceptors (Lipinski definition) is 4. The number of carbonyl (C=O) groups excluding carboxylic acids is 1. The molecule has 0 bridgehead atoms. The van der Waals surface area contributed by atoms with E-state index in [1.165, 1.54) is 6.07 Å². The number of amides is 1. The molecule has 4 nitrogen and oxygen atoms in total. The lowest BCUT2D eigenvalue weighted by Gasteiger charge is -2.27. The van der Waals surface area contributed by atoms with Gasteiger partial charge in [0, 0.05) is 43.4 Å². The first-order valence-electron chi connectivity index (χ1n) is 9.16. The number of fused-ring (bicyclic) bond motifs is 1. The number of carbonyl (C=O) groups is 1. The minimum absolute atomic E-state index is 0.190. The van der Waals surface area contributed by atoms with E-state index in [9.17, 15) is 9.18 Å². The van der Waals surface area contributed by atoms with Crippen molar-refractivity contribution in [3.63, 3.8) is 0 Å². The first kappa shape index (κ1) is 17.6. The van der Waals surface area contributed by atoms with Crippen molar-refractivity contribution in [2.75, 3.05) is 26.7 Å². The molecule has 1 aromatic heterocycles. The highest BCUT2D eigenvalue weighted by atomic mass is 32.1. The first-order valence-corrected chi connectivity index (χ1v) is 10.0. The van der Waals surface area contributed by atoms with Crippen LogP contribution in [0.5, 0.6) is 0 Å². The largest absolute Gasteiger partial charge is 0.342 e. The van der Waals surface area contributed by atoms with E-state index in [0.29, 0.717) is 24.7 Å². The molecule has 0 spiro atoms. The minimum atomic E-state index is -0.191. The minimum Gasteiger partial charge on any atom is -0.342 e. The standard InChI is InChI=1S/C20H24FN3OS/c1-13-22-17(12-26-13)6-7-19(25)24-10-15-9-23(2)20(18(15)11-24)14-4-3-5-16(21)8-14/h3-5,8,12,15,18,20H,6-7,9-11H2,1-2H3/t15-,18+,20-/m0/s1. The van der Waals surface area contributed by atoms with Gasteiger partial charge in [-0.3, -0.25) is 9.69 Å². The van der Waals surface area contributed by atoms with Crippen LogP contribution in [0, 0.1) is 24.6 Å². The summed E-state index contributed by atoms with van der Waals surface area (Å²) in [4.78, 5) is 21.4. The molecule has 3 atom stereocenters. The van der Waals surface area contributed by atoms with Gasteiger partial charge in [-0.25, -0.2) is 9.37 Å². The van der Waals surface area contributed by atoms with Crippen molar-refractivity contribution in [3.05, 3.63) is 51.7 Å². The summed E-state index contributed by atoms with van der Waals surface area (Å²) in [5, 5.41) is 3.08. The van der Waals surface area contributed by atoms with Crippen molar-refractivity contribution >= 4 is 17.2 Å². The molecule has 2 aliphatic rings. The Morgan fingerprint density at radius 2 is 2.19 bits per heavy atom. The molecule has 4 rings (SSSR count). The Balaban J connectivity index is 1.41. The zero-order chi connectivity index (χ0) is 18.3. The van der Waals surface area contributed by atoms with Gasteiger partial charge in [0.2, 0.25) is 5.91 Å². The Bertz CT molecular complexity index is 808. The van der Waals surface area contributed by atoms with Crippen LogP contribution in [0.4, 0.5) is 4.39 Å². The van der Waals surface area contributed by atoms with Crippen LogP contribution in [0.1, 0.15) is 28.7 Å². The normalized spacial score (nSPS) is 25.7. The molecule has 2 saturated heterocycles. The van der Waals surface area contributed by atoms with Crippen LogP contribution in [0.15, 0.2) is 29.6 Å². The fourth-order valence-electron chi connectivity index (χ4n) is 4.57. The molecular weight excluding hydrogens is 349 g/mol. The molecule has 0 aliphatic carbocycles. The van der Waals surface area contributed by atoms with Crippen LogP contribution < -0.4 is 0 Å². The van der Waals surface area contributed by atoms with Gasteiger partial charge in [0.1, 0.15) is 5.82 Å². The number of nitrogens with zero attached hydrogens (tertiary/aromatic N) is 3. The van der Waals surface area contributed by atoms with Gasteiger partial charge in [-0.1, -0.05) is 12.1 Å². The number of halogens is 1. The summed E-state index contributed by atoms with van der Waals surface area (Å²) in [6, 6.07) is 7.09. The fraction of sp³-hybridized carbons (Fsp3) is 0.500. The summed E-state index contributed by atoms with van der Waals surface area (Å²) in [5.74, 6) is 0.875. The highest BCUT2D eigenvalue weighted by Crippen LogP contribution is 2.44. The van der Waals surface area contributed by atoms with Crippen molar-refractivity contribution in [2.45, 2.75) is 25.8 Å². The topological polar surface area (TPSA) is 36.4 Å². The smallest absolute Gasteiger partial charge is 0.222 e. The summed E-state index contributed by atoms with van der Waals surface area (Å²) in [6.45, 7) is 4.53. The second kappa shape index (κ2) is 7.08. The van der Waals surface area contributed by atoms with Gasteiger partial charge >= 0.3 is 0 Å². The molecule has 138 valence electrons. The van der Waals surface area contributed by atoms with Crippen molar-refractivity contribution < 1.29 is 9.18 Å². The molecule has 0 radical (unpaired) electrons. The number of rotatable bonds is 4. The van der Waals surface area contributed by atoms with E-state index in [1.807, 2.05) is 23.3 Å². The molecule has 1 aromatic carbocycles. The molecule has 6 heteroatoms. The average molecular weight is 373 g/mol. The van der Waals surface area contributed by atoms with Crippen molar-refractivity contribution in [1.82, 2.24) is 14.8 Å². The summed E-state index contributed by atoms with van der Waals surface area (Å²) in [7, 11) is 2.10. The number of aryl methyl sites for hydroxylation is 2. The summed E-state index contributed by atoms with van der Waals surface area (Å²) in [5.41, 5.74) is 2.03. The van der Waals surface area contributed by atoms with Crippen LogP contribution in [-0.2, 0) is 11.2 Å². The van der Waals surface area contributed by atoms with E-state index >= 15 is 0 Å². The van der Waals surface area contributed by atoms with Crippen molar-refractivity contribution in [2.24, 2.45) is 11.8 Å². The van der Waals surface area contributed by atoms with Gasteiger partial charge < -0.3 is 4.90 Å². The lowest BCUT2D eigenvalue weighted by Crippen LogP contribution is -2.33. The van der Waals surface area contributed by atoms with E-state index in [0.717, 1.165) is 35.9 Å². The molecule has 2 fully saturated rings. The zero-order valence-electron chi connectivity index (χ0n) is 15.2. The molecule has 0 unspecified atom stereocenters. The number of likely N-dealkylation sites (tertiary alicyclic amines) is 2. The summed E-state index contributed by atoms with van der Waals surface area (Å²) >= 11 is 1.63. The molecule has 3 heterocycles. The molecule has 2 aliphatic heterocycles. The summed E-state index contributed by atoms with van der Waals surface area (Å²) < 4.78 is 13.7. The van der Waals surface area contributed by atoms with Gasteiger partial charge in [0.05, 0.1) is 10.7 Å². The Kier molecular flexibility index (Phi) is 4.80. The predicted molar refractivity (Wildman–Crippen MR) is 101 cm³/mol. The third-order valence-electron chi connectivity index (χ3n) is 5.70. The van der Waals surface area contributed by atoms with Gasteiger partial charge in [0.15, 0.2) is 0 Å². The monoisotopic (exact) mass is 373 g/mol. The average Bonchev–Trinajstić information content (AvgIpc) is 3.26. The number of thiazole rings is 1. The molecule has 0 N–H and O–H groups in total. The van der Waals surface area contributed by atoms with Gasteiger partial charge in [-0.05, 0) is 44.0 Å². The van der Waals surface area contributed by atoms with Crippen LogP contribution in [0.25, 0.3) is 0 Å². The first-order chi connectivity index (χ1) is 12.5. The van der Waals surface area contributed by atoms with Crippen molar-refractivity contribution in [3.8, 4) is 0 Å². The third kappa shape index (κ3) is 3.40. The molecular formula is C20H24FN3OS. The third-order valence-corrected chi connectivity index (χ3v) is 6.52. The van der Waals surface area contributed by atoms with Gasteiger partial charge in [-0.2, -0.15) is 0 Å². The van der Waals surface area contributed by atoms with E-state index in [1.54, 1.807) is 23.5 Å². The highest BCUT2D eigenvalue weighted by Gasteiger charge is 2.47. The molecule has 2 aromatic rings. The van der Waals surface area contributed by atoms with E-state index in [4.69, 9.17) is 0 Å². The van der Waals surface area contributed by atoms with Crippen LogP contribution in [0.2, 0.25) is 0 Å². The Morgan fingerprint density at radius 1 is 1.35 bits per heavy atom. The van der Waals surface area contributed by atoms with Crippen LogP contribution in [0.3, 0.4) is 0 Å². The fourth-order valence-corrected chi connectivity index (χ4v) is 5.22. The quantitative estimate of drug-likeness (QED) is 0.825. The number of hydrogen-bond donors (Lipinski definition) is 0. The Morgan fingerprint density at radius 3 is 2.92 bits per heavy atom. The second-order valence-electron chi connectivity index (χ2n) is 7.52. The van der Waals surface area contributed by atoms with E-state index in [-0.39, 0.29) is 17.8 Å². The van der Waals surface area contributed by atoms with E-state index in [2.05, 4.69) is 16.9 Å². The van der Waals surface area contributed by atoms with Gasteiger partial charge in [-0.15, -0.1) is 11.3 Å². The van der Waals surface area contributed by atoms with Gasteiger partial charge in [0.25, 0.3) is 0 Å². The maximum Gasteiger partial charge on any atom is 0.222 e. The summed E-state index contributed by atoms with van der Waals surface area (Å²) in [6.07, 6.45) is 1.23. The predicted octanol–water partition coefficient (Wildman–Crippen LogP) is 3.28. The highest BCUT2D eigenvalue weighted by molar-refractivity contribution is 7.09. The number of benzene rings is 1. The molecule has 1 amide bonds. The maximum atomic E-state index is 13.7. The zero-order valence-corrected chi connectivity index (χ0v) is 16.0. The Labute approximate surface area is 157 Å². The van der Waals surface area contributed by atoms with Crippen LogP contribution >= 0.6 is 11.3 Å². The maximum absolute atomic E-state index is 13.7. The molecule has 0 saturated carbocycles. The number of aromatic nitrogens is 1. The molecule has 26 heavy (non-hydrogen) atoms. The van der Waals surface area contributed by atoms with E-state index < -0.39 is 0 Å². The van der Waals surface area contributed by atoms with Crippen LogP contribution in [-0.4, -0.2) is 47.4 Å². The lowest BCUT2D eigenvalue weighted by atomic mass is 9.89. The lowest BCUT2D eigenvalue weighted by molar-refractivity contribution is -0.130. The second-order valence-corrected chi connectivity index (χ2v) is 8.58. The van der Waals surface area contributed by atoms with Crippen molar-refractivity contribution in [1.29, 1.82) is 0 Å².